The summed E-state index contributed by atoms with van der Waals surface area (Å²) in [6.07, 6.45) is 6.27. The Labute approximate surface area is 138 Å². The molecule has 0 bridgehead atoms. The van der Waals surface area contributed by atoms with Gasteiger partial charge in [-0.2, -0.15) is 0 Å². The van der Waals surface area contributed by atoms with Gasteiger partial charge >= 0.3 is 0 Å². The second-order valence-corrected chi connectivity index (χ2v) is 7.10. The van der Waals surface area contributed by atoms with E-state index >= 15 is 0 Å². The standard InChI is InChI=1S/C20H26O3/c1-11(2)6-5-7-15-14-9-8-12(3)17-16(21)10-13(4)19(18(14)17)23-20(15)22/h6,9-10,12,15,20-22H,5,7-8H2,1-4H3. The molecule has 0 spiro atoms. The van der Waals surface area contributed by atoms with Gasteiger partial charge in [-0.05, 0) is 63.2 Å². The first-order valence-corrected chi connectivity index (χ1v) is 8.45. The molecule has 3 heteroatoms. The quantitative estimate of drug-likeness (QED) is 0.797. The first-order valence-electron chi connectivity index (χ1n) is 8.45. The average Bonchev–Trinajstić information content (AvgIpc) is 2.47. The van der Waals surface area contributed by atoms with Crippen molar-refractivity contribution in [2.24, 2.45) is 5.92 Å². The van der Waals surface area contributed by atoms with Crippen molar-refractivity contribution in [3.05, 3.63) is 40.5 Å². The lowest BCUT2D eigenvalue weighted by Gasteiger charge is -2.38. The highest BCUT2D eigenvalue weighted by atomic mass is 16.6. The maximum absolute atomic E-state index is 10.5. The minimum Gasteiger partial charge on any atom is -0.508 e. The molecule has 2 aliphatic rings. The fourth-order valence-corrected chi connectivity index (χ4v) is 3.80. The summed E-state index contributed by atoms with van der Waals surface area (Å²) >= 11 is 0. The van der Waals surface area contributed by atoms with Crippen LogP contribution in [0.15, 0.2) is 23.8 Å². The highest BCUT2D eigenvalue weighted by Gasteiger charge is 2.38. The van der Waals surface area contributed by atoms with Crippen LogP contribution in [0.2, 0.25) is 0 Å². The summed E-state index contributed by atoms with van der Waals surface area (Å²) < 4.78 is 5.87. The van der Waals surface area contributed by atoms with E-state index < -0.39 is 6.29 Å². The molecule has 0 radical (unpaired) electrons. The summed E-state index contributed by atoms with van der Waals surface area (Å²) in [5.41, 5.74) is 5.31. The maximum atomic E-state index is 10.5. The molecule has 2 N–H and O–H groups in total. The molecular weight excluding hydrogens is 288 g/mol. The van der Waals surface area contributed by atoms with E-state index in [1.54, 1.807) is 6.07 Å². The zero-order valence-electron chi connectivity index (χ0n) is 14.4. The number of aliphatic hydroxyl groups is 1. The van der Waals surface area contributed by atoms with E-state index in [-0.39, 0.29) is 11.8 Å². The van der Waals surface area contributed by atoms with E-state index in [0.29, 0.717) is 5.75 Å². The monoisotopic (exact) mass is 314 g/mol. The van der Waals surface area contributed by atoms with E-state index in [0.717, 1.165) is 47.3 Å². The molecule has 3 rings (SSSR count). The number of ether oxygens (including phenoxy) is 1. The van der Waals surface area contributed by atoms with Crippen LogP contribution in [0.25, 0.3) is 5.57 Å². The molecule has 124 valence electrons. The van der Waals surface area contributed by atoms with Gasteiger partial charge < -0.3 is 14.9 Å². The van der Waals surface area contributed by atoms with Crippen molar-refractivity contribution < 1.29 is 14.9 Å². The van der Waals surface area contributed by atoms with Gasteiger partial charge in [-0.15, -0.1) is 0 Å². The van der Waals surface area contributed by atoms with Crippen molar-refractivity contribution in [1.82, 2.24) is 0 Å². The number of hydrogen-bond acceptors (Lipinski definition) is 3. The second-order valence-electron chi connectivity index (χ2n) is 7.10. The number of aryl methyl sites for hydroxylation is 1. The van der Waals surface area contributed by atoms with Crippen molar-refractivity contribution in [3.8, 4) is 11.5 Å². The van der Waals surface area contributed by atoms with Crippen molar-refractivity contribution in [2.75, 3.05) is 0 Å². The van der Waals surface area contributed by atoms with Crippen LogP contribution < -0.4 is 4.74 Å². The summed E-state index contributed by atoms with van der Waals surface area (Å²) in [5.74, 6) is 1.32. The van der Waals surface area contributed by atoms with Crippen molar-refractivity contribution in [3.63, 3.8) is 0 Å². The molecule has 0 aromatic heterocycles. The Hall–Kier alpha value is -1.74. The fraction of sp³-hybridized carbons (Fsp3) is 0.500. The van der Waals surface area contributed by atoms with Crippen LogP contribution in [0.1, 0.15) is 62.6 Å². The van der Waals surface area contributed by atoms with Crippen LogP contribution >= 0.6 is 0 Å². The molecule has 1 heterocycles. The highest BCUT2D eigenvalue weighted by Crippen LogP contribution is 2.52. The van der Waals surface area contributed by atoms with Gasteiger partial charge in [0.25, 0.3) is 0 Å². The van der Waals surface area contributed by atoms with Gasteiger partial charge in [-0.3, -0.25) is 0 Å². The van der Waals surface area contributed by atoms with Gasteiger partial charge in [-0.25, -0.2) is 0 Å². The zero-order chi connectivity index (χ0) is 16.7. The third-order valence-electron chi connectivity index (χ3n) is 4.97. The first kappa shape index (κ1) is 16.1. The second kappa shape index (κ2) is 6.04. The summed E-state index contributed by atoms with van der Waals surface area (Å²) in [6.45, 7) is 8.22. The molecule has 1 aromatic rings. The Morgan fingerprint density at radius 3 is 2.83 bits per heavy atom. The number of hydrogen-bond donors (Lipinski definition) is 2. The number of phenolic OH excluding ortho intramolecular Hbond substituents is 1. The molecule has 3 nitrogen and oxygen atoms in total. The summed E-state index contributed by atoms with van der Waals surface area (Å²) in [4.78, 5) is 0. The smallest absolute Gasteiger partial charge is 0.204 e. The third-order valence-corrected chi connectivity index (χ3v) is 4.97. The lowest BCUT2D eigenvalue weighted by atomic mass is 9.75. The number of aromatic hydroxyl groups is 1. The molecule has 0 saturated heterocycles. The molecule has 0 saturated carbocycles. The molecule has 0 amide bonds. The Kier molecular flexibility index (Phi) is 4.24. The van der Waals surface area contributed by atoms with Gasteiger partial charge in [0.2, 0.25) is 6.29 Å². The largest absolute Gasteiger partial charge is 0.508 e. The number of rotatable bonds is 3. The predicted octanol–water partition coefficient (Wildman–Crippen LogP) is 4.66. The summed E-state index contributed by atoms with van der Waals surface area (Å²) in [5, 5.41) is 20.9. The molecule has 1 aromatic carbocycles. The Morgan fingerprint density at radius 2 is 2.13 bits per heavy atom. The summed E-state index contributed by atoms with van der Waals surface area (Å²) in [6, 6.07) is 1.75. The van der Waals surface area contributed by atoms with Crippen LogP contribution in [0.5, 0.6) is 11.5 Å². The van der Waals surface area contributed by atoms with Crippen LogP contribution in [-0.4, -0.2) is 16.5 Å². The molecule has 1 aliphatic heterocycles. The molecule has 1 aliphatic carbocycles. The van der Waals surface area contributed by atoms with Gasteiger partial charge in [0.1, 0.15) is 11.5 Å². The molecule has 3 unspecified atom stereocenters. The van der Waals surface area contributed by atoms with Gasteiger partial charge in [0, 0.05) is 17.0 Å². The van der Waals surface area contributed by atoms with E-state index in [2.05, 4.69) is 32.9 Å². The third kappa shape index (κ3) is 2.78. The Bertz CT molecular complexity index is 681. The van der Waals surface area contributed by atoms with Gasteiger partial charge in [-0.1, -0.05) is 24.6 Å². The minimum absolute atomic E-state index is 0.0365. The van der Waals surface area contributed by atoms with Crippen LogP contribution in [-0.2, 0) is 0 Å². The number of allylic oxidation sites excluding steroid dienone is 3. The minimum atomic E-state index is -0.816. The first-order chi connectivity index (χ1) is 10.9. The van der Waals surface area contributed by atoms with Crippen LogP contribution in [0.4, 0.5) is 0 Å². The van der Waals surface area contributed by atoms with E-state index in [4.69, 9.17) is 4.74 Å². The van der Waals surface area contributed by atoms with Gasteiger partial charge in [0.05, 0.1) is 0 Å². The summed E-state index contributed by atoms with van der Waals surface area (Å²) in [7, 11) is 0. The van der Waals surface area contributed by atoms with Gasteiger partial charge in [0.15, 0.2) is 0 Å². The lowest BCUT2D eigenvalue weighted by molar-refractivity contribution is -0.0535. The zero-order valence-corrected chi connectivity index (χ0v) is 14.4. The van der Waals surface area contributed by atoms with E-state index in [1.807, 2.05) is 6.92 Å². The van der Waals surface area contributed by atoms with E-state index in [9.17, 15) is 10.2 Å². The van der Waals surface area contributed by atoms with Crippen molar-refractivity contribution in [2.45, 2.75) is 59.2 Å². The molecule has 0 fully saturated rings. The maximum Gasteiger partial charge on any atom is 0.204 e. The van der Waals surface area contributed by atoms with E-state index in [1.165, 1.54) is 5.57 Å². The number of phenols is 1. The van der Waals surface area contributed by atoms with Crippen molar-refractivity contribution >= 4 is 5.57 Å². The Balaban J connectivity index is 2.05. The number of benzene rings is 1. The SMILES string of the molecule is CC(C)=CCCC1C2=CCC(C)c3c(O)cc(C)c(c32)OC1O. The fourth-order valence-electron chi connectivity index (χ4n) is 3.80. The topological polar surface area (TPSA) is 49.7 Å². The molecule has 23 heavy (non-hydrogen) atoms. The molecular formula is C20H26O3. The average molecular weight is 314 g/mol. The molecule has 3 atom stereocenters. The van der Waals surface area contributed by atoms with Crippen LogP contribution in [0, 0.1) is 12.8 Å². The Morgan fingerprint density at radius 1 is 1.39 bits per heavy atom. The normalized spacial score (nSPS) is 25.3. The lowest BCUT2D eigenvalue weighted by Crippen LogP contribution is -2.34. The van der Waals surface area contributed by atoms with Crippen molar-refractivity contribution in [1.29, 1.82) is 0 Å². The number of aliphatic hydroxyl groups excluding tert-OH is 1. The highest BCUT2D eigenvalue weighted by molar-refractivity contribution is 5.81. The predicted molar refractivity (Wildman–Crippen MR) is 92.6 cm³/mol. The van der Waals surface area contributed by atoms with Crippen LogP contribution in [0.3, 0.4) is 0 Å².